The van der Waals surface area contributed by atoms with Gasteiger partial charge in [-0.05, 0) is 36.1 Å². The van der Waals surface area contributed by atoms with Crippen LogP contribution in [0.25, 0.3) is 10.6 Å². The number of nitrogens with one attached hydrogen (secondary N) is 1. The van der Waals surface area contributed by atoms with E-state index in [1.54, 1.807) is 29.7 Å². The molecule has 0 amide bonds. The molecule has 0 saturated carbocycles. The molecule has 0 unspecified atom stereocenters. The van der Waals surface area contributed by atoms with Crippen LogP contribution in [-0.2, 0) is 0 Å². The minimum atomic E-state index is -0.427. The van der Waals surface area contributed by atoms with Crippen molar-refractivity contribution in [2.75, 3.05) is 5.43 Å². The van der Waals surface area contributed by atoms with Gasteiger partial charge in [-0.25, -0.2) is 4.98 Å². The fourth-order valence-electron chi connectivity index (χ4n) is 1.93. The standard InChI is InChI=1S/C15H12N4O2S2/c1-10-14(13-3-2-8-22-13)17-15(23-10)18-16-9-11-4-6-12(7-5-11)19(20)21/h2-9H,1H3,(H,17,18)/b16-9-. The number of non-ortho nitro benzene ring substituents is 1. The summed E-state index contributed by atoms with van der Waals surface area (Å²) in [6.07, 6.45) is 1.60. The number of nitro groups is 1. The SMILES string of the molecule is Cc1sc(N/N=C\c2ccc([N+](=O)[O-])cc2)nc1-c1cccs1. The molecule has 0 radical (unpaired) electrons. The second-order valence-electron chi connectivity index (χ2n) is 4.62. The molecule has 0 atom stereocenters. The summed E-state index contributed by atoms with van der Waals surface area (Å²) in [6.45, 7) is 2.03. The summed E-state index contributed by atoms with van der Waals surface area (Å²) in [4.78, 5) is 17.0. The van der Waals surface area contributed by atoms with Crippen molar-refractivity contribution in [1.82, 2.24) is 4.98 Å². The topological polar surface area (TPSA) is 80.4 Å². The van der Waals surface area contributed by atoms with Gasteiger partial charge in [0, 0.05) is 17.0 Å². The molecule has 3 aromatic rings. The lowest BCUT2D eigenvalue weighted by molar-refractivity contribution is -0.384. The average Bonchev–Trinajstić information content (AvgIpc) is 3.17. The number of rotatable bonds is 5. The minimum Gasteiger partial charge on any atom is -0.258 e. The molecule has 3 rings (SSSR count). The number of nitrogens with zero attached hydrogens (tertiary/aromatic N) is 3. The Balaban J connectivity index is 1.68. The maximum absolute atomic E-state index is 10.6. The molecule has 0 aliphatic carbocycles. The van der Waals surface area contributed by atoms with E-state index in [1.807, 2.05) is 24.4 Å². The first-order valence-electron chi connectivity index (χ1n) is 6.68. The van der Waals surface area contributed by atoms with Gasteiger partial charge >= 0.3 is 0 Å². The lowest BCUT2D eigenvalue weighted by Gasteiger charge is -1.95. The third-order valence-electron chi connectivity index (χ3n) is 3.03. The zero-order chi connectivity index (χ0) is 16.2. The van der Waals surface area contributed by atoms with E-state index in [9.17, 15) is 10.1 Å². The van der Waals surface area contributed by atoms with Crippen LogP contribution >= 0.6 is 22.7 Å². The highest BCUT2D eigenvalue weighted by Gasteiger charge is 2.10. The van der Waals surface area contributed by atoms with E-state index in [1.165, 1.54) is 23.5 Å². The van der Waals surface area contributed by atoms with Crippen LogP contribution < -0.4 is 5.43 Å². The Bertz CT molecular complexity index is 839. The highest BCUT2D eigenvalue weighted by atomic mass is 32.1. The largest absolute Gasteiger partial charge is 0.269 e. The van der Waals surface area contributed by atoms with Crippen molar-refractivity contribution in [3.8, 4) is 10.6 Å². The first-order chi connectivity index (χ1) is 11.1. The second kappa shape index (κ2) is 6.67. The van der Waals surface area contributed by atoms with Crippen LogP contribution in [-0.4, -0.2) is 16.1 Å². The summed E-state index contributed by atoms with van der Waals surface area (Å²) in [7, 11) is 0. The van der Waals surface area contributed by atoms with Crippen molar-refractivity contribution in [2.45, 2.75) is 6.92 Å². The van der Waals surface area contributed by atoms with Crippen molar-refractivity contribution in [3.05, 3.63) is 62.3 Å². The van der Waals surface area contributed by atoms with Gasteiger partial charge in [0.05, 0.1) is 21.7 Å². The van der Waals surface area contributed by atoms with E-state index in [2.05, 4.69) is 15.5 Å². The van der Waals surface area contributed by atoms with Crippen molar-refractivity contribution in [2.24, 2.45) is 5.10 Å². The highest BCUT2D eigenvalue weighted by molar-refractivity contribution is 7.17. The van der Waals surface area contributed by atoms with Gasteiger partial charge in [-0.1, -0.05) is 6.07 Å². The number of aryl methyl sites for hydroxylation is 1. The quantitative estimate of drug-likeness (QED) is 0.419. The van der Waals surface area contributed by atoms with Crippen LogP contribution in [0.4, 0.5) is 10.8 Å². The van der Waals surface area contributed by atoms with Gasteiger partial charge in [0.2, 0.25) is 5.13 Å². The molecule has 0 bridgehead atoms. The van der Waals surface area contributed by atoms with E-state index in [4.69, 9.17) is 0 Å². The van der Waals surface area contributed by atoms with Crippen molar-refractivity contribution >= 4 is 39.7 Å². The average molecular weight is 344 g/mol. The van der Waals surface area contributed by atoms with E-state index < -0.39 is 4.92 Å². The van der Waals surface area contributed by atoms with E-state index >= 15 is 0 Å². The zero-order valence-electron chi connectivity index (χ0n) is 12.1. The number of thiophene rings is 1. The molecule has 1 N–H and O–H groups in total. The Morgan fingerprint density at radius 3 is 2.74 bits per heavy atom. The summed E-state index contributed by atoms with van der Waals surface area (Å²) < 4.78 is 0. The van der Waals surface area contributed by atoms with Crippen LogP contribution in [0, 0.1) is 17.0 Å². The molecule has 0 aliphatic rings. The molecular formula is C15H12N4O2S2. The van der Waals surface area contributed by atoms with Gasteiger partial charge in [-0.15, -0.1) is 22.7 Å². The molecule has 2 heterocycles. The van der Waals surface area contributed by atoms with Gasteiger partial charge in [-0.3, -0.25) is 15.5 Å². The van der Waals surface area contributed by atoms with Gasteiger partial charge < -0.3 is 0 Å². The maximum atomic E-state index is 10.6. The first kappa shape index (κ1) is 15.3. The van der Waals surface area contributed by atoms with Crippen molar-refractivity contribution < 1.29 is 4.92 Å². The Morgan fingerprint density at radius 2 is 2.09 bits per heavy atom. The zero-order valence-corrected chi connectivity index (χ0v) is 13.7. The third-order valence-corrected chi connectivity index (χ3v) is 4.78. The van der Waals surface area contributed by atoms with Crippen LogP contribution in [0.5, 0.6) is 0 Å². The molecule has 1 aromatic carbocycles. The number of hydrazone groups is 1. The molecule has 116 valence electrons. The molecule has 0 fully saturated rings. The fraction of sp³-hybridized carbons (Fsp3) is 0.0667. The van der Waals surface area contributed by atoms with E-state index in [0.717, 1.165) is 21.0 Å². The molecule has 6 nitrogen and oxygen atoms in total. The molecule has 23 heavy (non-hydrogen) atoms. The summed E-state index contributed by atoms with van der Waals surface area (Å²) in [6, 6.07) is 10.2. The number of benzene rings is 1. The highest BCUT2D eigenvalue weighted by Crippen LogP contribution is 2.32. The predicted octanol–water partition coefficient (Wildman–Crippen LogP) is 4.53. The normalized spacial score (nSPS) is 11.0. The van der Waals surface area contributed by atoms with Crippen LogP contribution in [0.1, 0.15) is 10.4 Å². The van der Waals surface area contributed by atoms with Crippen molar-refractivity contribution in [3.63, 3.8) is 0 Å². The minimum absolute atomic E-state index is 0.0613. The lowest BCUT2D eigenvalue weighted by atomic mass is 10.2. The van der Waals surface area contributed by atoms with Crippen LogP contribution in [0.3, 0.4) is 0 Å². The molecule has 8 heteroatoms. The summed E-state index contributed by atoms with van der Waals surface area (Å²) in [5.74, 6) is 0. The Hall–Kier alpha value is -2.58. The molecule has 0 aliphatic heterocycles. The van der Waals surface area contributed by atoms with Gasteiger partial charge in [-0.2, -0.15) is 5.10 Å². The first-order valence-corrected chi connectivity index (χ1v) is 8.38. The molecular weight excluding hydrogens is 332 g/mol. The number of anilines is 1. The smallest absolute Gasteiger partial charge is 0.258 e. The predicted molar refractivity (Wildman–Crippen MR) is 94.5 cm³/mol. The van der Waals surface area contributed by atoms with E-state index in [-0.39, 0.29) is 5.69 Å². The van der Waals surface area contributed by atoms with Crippen LogP contribution in [0.2, 0.25) is 0 Å². The summed E-state index contributed by atoms with van der Waals surface area (Å²) in [5, 5.41) is 17.5. The number of nitro benzene ring substituents is 1. The molecule has 0 saturated heterocycles. The maximum Gasteiger partial charge on any atom is 0.269 e. The van der Waals surface area contributed by atoms with Crippen LogP contribution in [0.15, 0.2) is 46.9 Å². The molecule has 2 aromatic heterocycles. The fourth-order valence-corrected chi connectivity index (χ4v) is 3.54. The Kier molecular flexibility index (Phi) is 4.45. The third kappa shape index (κ3) is 3.61. The van der Waals surface area contributed by atoms with E-state index in [0.29, 0.717) is 5.13 Å². The number of hydrogen-bond donors (Lipinski definition) is 1. The number of aromatic nitrogens is 1. The Morgan fingerprint density at radius 1 is 1.30 bits per heavy atom. The number of thiazole rings is 1. The monoisotopic (exact) mass is 344 g/mol. The van der Waals surface area contributed by atoms with Crippen molar-refractivity contribution in [1.29, 1.82) is 0 Å². The lowest BCUT2D eigenvalue weighted by Crippen LogP contribution is -1.91. The van der Waals surface area contributed by atoms with Gasteiger partial charge in [0.1, 0.15) is 0 Å². The van der Waals surface area contributed by atoms with Gasteiger partial charge in [0.25, 0.3) is 5.69 Å². The molecule has 0 spiro atoms. The van der Waals surface area contributed by atoms with Gasteiger partial charge in [0.15, 0.2) is 0 Å². The number of hydrogen-bond acceptors (Lipinski definition) is 7. The second-order valence-corrected chi connectivity index (χ2v) is 6.77. The summed E-state index contributed by atoms with van der Waals surface area (Å²) in [5.41, 5.74) is 4.71. The Labute approximate surface area is 140 Å². The summed E-state index contributed by atoms with van der Waals surface area (Å²) >= 11 is 3.19.